The Labute approximate surface area is 128 Å². The van der Waals surface area contributed by atoms with Gasteiger partial charge in [-0.25, -0.2) is 0 Å². The molecule has 0 fully saturated rings. The van der Waals surface area contributed by atoms with Crippen LogP contribution >= 0.6 is 0 Å². The number of phenols is 1. The van der Waals surface area contributed by atoms with Crippen molar-refractivity contribution in [2.75, 3.05) is 0 Å². The number of H-pyrrole nitrogens is 1. The number of hydrogen-bond acceptors (Lipinski definition) is 2. The fourth-order valence-electron chi connectivity index (χ4n) is 2.87. The Morgan fingerprint density at radius 3 is 2.45 bits per heavy atom. The Morgan fingerprint density at radius 1 is 1.09 bits per heavy atom. The zero-order valence-electron chi connectivity index (χ0n) is 12.6. The largest absolute Gasteiger partial charge is 0.508 e. The predicted molar refractivity (Wildman–Crippen MR) is 86.9 cm³/mol. The zero-order chi connectivity index (χ0) is 15.9. The normalized spacial score (nSPS) is 12.5. The number of fused-ring (bicyclic) bond motifs is 1. The standard InChI is InChI=1S/C18H18N2O2/c1-10-4-6-15-13(7-10)14(9-20-15)17(18(19)22)12-5-3-11(2)8-16(12)21/h3-9,17,20-21H,1-2H3,(H2,19,22). The van der Waals surface area contributed by atoms with Crippen LogP contribution in [0.5, 0.6) is 5.75 Å². The lowest BCUT2D eigenvalue weighted by Crippen LogP contribution is -2.22. The number of rotatable bonds is 3. The Kier molecular flexibility index (Phi) is 3.37. The van der Waals surface area contributed by atoms with Gasteiger partial charge in [-0.1, -0.05) is 23.8 Å². The van der Waals surface area contributed by atoms with Crippen molar-refractivity contribution in [1.29, 1.82) is 0 Å². The molecule has 0 saturated carbocycles. The molecule has 4 heteroatoms. The van der Waals surface area contributed by atoms with E-state index in [1.54, 1.807) is 18.3 Å². The second-order valence-electron chi connectivity index (χ2n) is 5.69. The van der Waals surface area contributed by atoms with Gasteiger partial charge in [-0.2, -0.15) is 0 Å². The average Bonchev–Trinajstić information content (AvgIpc) is 2.84. The fraction of sp³-hybridized carbons (Fsp3) is 0.167. The molecule has 2 aromatic carbocycles. The first-order chi connectivity index (χ1) is 10.5. The first-order valence-corrected chi connectivity index (χ1v) is 7.14. The quantitative estimate of drug-likeness (QED) is 0.694. The van der Waals surface area contributed by atoms with Crippen LogP contribution in [0.25, 0.3) is 10.9 Å². The Bertz CT molecular complexity index is 865. The summed E-state index contributed by atoms with van der Waals surface area (Å²) in [6.07, 6.45) is 1.79. The van der Waals surface area contributed by atoms with Crippen LogP contribution in [0.4, 0.5) is 0 Å². The molecule has 112 valence electrons. The van der Waals surface area contributed by atoms with Crippen molar-refractivity contribution in [3.8, 4) is 5.75 Å². The van der Waals surface area contributed by atoms with Crippen LogP contribution in [-0.2, 0) is 4.79 Å². The Morgan fingerprint density at radius 2 is 1.77 bits per heavy atom. The Hall–Kier alpha value is -2.75. The van der Waals surface area contributed by atoms with Crippen LogP contribution in [0.15, 0.2) is 42.6 Å². The number of aromatic amines is 1. The number of phenolic OH excluding ortho intramolecular Hbond substituents is 1. The minimum absolute atomic E-state index is 0.0887. The molecule has 4 nitrogen and oxygen atoms in total. The number of aryl methyl sites for hydroxylation is 2. The highest BCUT2D eigenvalue weighted by molar-refractivity contribution is 5.94. The monoisotopic (exact) mass is 294 g/mol. The molecule has 22 heavy (non-hydrogen) atoms. The summed E-state index contributed by atoms with van der Waals surface area (Å²) in [7, 11) is 0. The molecule has 1 heterocycles. The van der Waals surface area contributed by atoms with Crippen LogP contribution in [-0.4, -0.2) is 16.0 Å². The summed E-state index contributed by atoms with van der Waals surface area (Å²) in [6.45, 7) is 3.89. The zero-order valence-corrected chi connectivity index (χ0v) is 12.6. The van der Waals surface area contributed by atoms with E-state index in [0.29, 0.717) is 5.56 Å². The molecule has 1 amide bonds. The highest BCUT2D eigenvalue weighted by Gasteiger charge is 2.26. The van der Waals surface area contributed by atoms with Crippen LogP contribution in [0.1, 0.15) is 28.2 Å². The maximum atomic E-state index is 12.1. The van der Waals surface area contributed by atoms with Crippen LogP contribution in [0, 0.1) is 13.8 Å². The van der Waals surface area contributed by atoms with Gasteiger partial charge in [0.2, 0.25) is 5.91 Å². The molecule has 1 atom stereocenters. The number of nitrogens with two attached hydrogens (primary N) is 1. The van der Waals surface area contributed by atoms with Gasteiger partial charge in [0.15, 0.2) is 0 Å². The molecule has 0 spiro atoms. The van der Waals surface area contributed by atoms with Gasteiger partial charge in [0.05, 0.1) is 5.92 Å². The fourth-order valence-corrected chi connectivity index (χ4v) is 2.87. The smallest absolute Gasteiger partial charge is 0.229 e. The first kappa shape index (κ1) is 14.2. The van der Waals surface area contributed by atoms with Gasteiger partial charge in [-0.15, -0.1) is 0 Å². The van der Waals surface area contributed by atoms with E-state index in [1.165, 1.54) is 0 Å². The molecule has 3 aromatic rings. The van der Waals surface area contributed by atoms with Crippen molar-refractivity contribution < 1.29 is 9.90 Å². The summed E-state index contributed by atoms with van der Waals surface area (Å²) < 4.78 is 0. The van der Waals surface area contributed by atoms with Gasteiger partial charge in [-0.05, 0) is 43.2 Å². The number of hydrogen-bond donors (Lipinski definition) is 3. The molecule has 1 unspecified atom stereocenters. The molecule has 0 saturated heterocycles. The number of aromatic hydroxyl groups is 1. The lowest BCUT2D eigenvalue weighted by Gasteiger charge is -2.15. The minimum atomic E-state index is -0.684. The highest BCUT2D eigenvalue weighted by Crippen LogP contribution is 2.35. The number of aromatic nitrogens is 1. The Balaban J connectivity index is 2.22. The number of carbonyl (C=O) groups excluding carboxylic acids is 1. The second kappa shape index (κ2) is 5.22. The third kappa shape index (κ3) is 2.33. The summed E-state index contributed by atoms with van der Waals surface area (Å²) >= 11 is 0. The lowest BCUT2D eigenvalue weighted by molar-refractivity contribution is -0.118. The van der Waals surface area contributed by atoms with Gasteiger partial charge in [-0.3, -0.25) is 4.79 Å². The molecular weight excluding hydrogens is 276 g/mol. The van der Waals surface area contributed by atoms with E-state index in [4.69, 9.17) is 5.73 Å². The summed E-state index contributed by atoms with van der Waals surface area (Å²) in [5, 5.41) is 11.2. The summed E-state index contributed by atoms with van der Waals surface area (Å²) in [5.74, 6) is -1.08. The van der Waals surface area contributed by atoms with E-state index < -0.39 is 11.8 Å². The maximum Gasteiger partial charge on any atom is 0.229 e. The van der Waals surface area contributed by atoms with Gasteiger partial charge in [0, 0.05) is 22.7 Å². The molecule has 0 aliphatic rings. The van der Waals surface area contributed by atoms with Crippen LogP contribution < -0.4 is 5.73 Å². The predicted octanol–water partition coefficient (Wildman–Crippen LogP) is 3.11. The number of amides is 1. The minimum Gasteiger partial charge on any atom is -0.508 e. The van der Waals surface area contributed by atoms with Gasteiger partial charge < -0.3 is 15.8 Å². The van der Waals surface area contributed by atoms with Crippen molar-refractivity contribution in [1.82, 2.24) is 4.98 Å². The third-order valence-electron chi connectivity index (χ3n) is 3.96. The van der Waals surface area contributed by atoms with Gasteiger partial charge in [0.25, 0.3) is 0 Å². The lowest BCUT2D eigenvalue weighted by atomic mass is 9.89. The maximum absolute atomic E-state index is 12.1. The molecule has 1 aromatic heterocycles. The SMILES string of the molecule is Cc1ccc(C(C(N)=O)c2c[nH]c3ccc(C)cc23)c(O)c1. The molecular formula is C18H18N2O2. The second-order valence-corrected chi connectivity index (χ2v) is 5.69. The molecule has 0 radical (unpaired) electrons. The van der Waals surface area contributed by atoms with Gasteiger partial charge in [0.1, 0.15) is 5.75 Å². The van der Waals surface area contributed by atoms with Crippen molar-refractivity contribution in [3.05, 3.63) is 64.8 Å². The number of nitrogens with one attached hydrogen (secondary N) is 1. The van der Waals surface area contributed by atoms with Crippen LogP contribution in [0.3, 0.4) is 0 Å². The van der Waals surface area contributed by atoms with Crippen molar-refractivity contribution in [2.24, 2.45) is 5.73 Å². The van der Waals surface area contributed by atoms with E-state index in [9.17, 15) is 9.90 Å². The van der Waals surface area contributed by atoms with Crippen molar-refractivity contribution >= 4 is 16.8 Å². The molecule has 3 rings (SSSR count). The van der Waals surface area contributed by atoms with Gasteiger partial charge >= 0.3 is 0 Å². The number of primary amides is 1. The first-order valence-electron chi connectivity index (χ1n) is 7.14. The third-order valence-corrected chi connectivity index (χ3v) is 3.96. The average molecular weight is 294 g/mol. The topological polar surface area (TPSA) is 79.1 Å². The molecule has 4 N–H and O–H groups in total. The highest BCUT2D eigenvalue weighted by atomic mass is 16.3. The molecule has 0 aliphatic carbocycles. The summed E-state index contributed by atoms with van der Waals surface area (Å²) in [5.41, 5.74) is 9.92. The number of carbonyl (C=O) groups is 1. The molecule has 0 aliphatic heterocycles. The summed E-state index contributed by atoms with van der Waals surface area (Å²) in [6, 6.07) is 11.3. The van der Waals surface area contributed by atoms with Crippen LogP contribution in [0.2, 0.25) is 0 Å². The summed E-state index contributed by atoms with van der Waals surface area (Å²) in [4.78, 5) is 15.2. The van der Waals surface area contributed by atoms with E-state index in [0.717, 1.165) is 27.6 Å². The van der Waals surface area contributed by atoms with E-state index in [1.807, 2.05) is 38.1 Å². The van der Waals surface area contributed by atoms with Crippen molar-refractivity contribution in [2.45, 2.75) is 19.8 Å². The number of benzene rings is 2. The molecule has 0 bridgehead atoms. The van der Waals surface area contributed by atoms with Crippen molar-refractivity contribution in [3.63, 3.8) is 0 Å². The van der Waals surface area contributed by atoms with E-state index >= 15 is 0 Å². The van der Waals surface area contributed by atoms with E-state index in [-0.39, 0.29) is 5.75 Å². The van der Waals surface area contributed by atoms with E-state index in [2.05, 4.69) is 4.98 Å².